The van der Waals surface area contributed by atoms with Gasteiger partial charge in [-0.1, -0.05) is 98.0 Å². The smallest absolute Gasteiger partial charge is 0.224 e. The summed E-state index contributed by atoms with van der Waals surface area (Å²) < 4.78 is 0. The maximum Gasteiger partial charge on any atom is 0.224 e. The second kappa shape index (κ2) is 18.9. The van der Waals surface area contributed by atoms with E-state index in [4.69, 9.17) is 0 Å². The fourth-order valence-electron chi connectivity index (χ4n) is 3.07. The number of hydrogen-bond donors (Lipinski definition) is 1. The van der Waals surface area contributed by atoms with Crippen molar-refractivity contribution in [2.24, 2.45) is 0 Å². The Hall–Kier alpha value is -2.87. The Morgan fingerprint density at radius 2 is 1.09 bits per heavy atom. The quantitative estimate of drug-likeness (QED) is 0.276. The van der Waals surface area contributed by atoms with Crippen molar-refractivity contribution in [3.05, 3.63) is 102 Å². The van der Waals surface area contributed by atoms with Gasteiger partial charge in [0.2, 0.25) is 5.91 Å². The number of allylic oxidation sites excluding steroid dienone is 12. The average molecular weight is 432 g/mol. The first-order valence-corrected chi connectivity index (χ1v) is 11.9. The lowest BCUT2D eigenvalue weighted by atomic mass is 10.1. The topological polar surface area (TPSA) is 29.1 Å². The fraction of sp³-hybridized carbons (Fsp3) is 0.367. The molecule has 0 saturated carbocycles. The molecule has 0 bridgehead atoms. The highest BCUT2D eigenvalue weighted by Gasteiger charge is 2.05. The molecule has 0 radical (unpaired) electrons. The molecule has 2 nitrogen and oxygen atoms in total. The molecule has 172 valence electrons. The van der Waals surface area contributed by atoms with E-state index in [0.29, 0.717) is 6.42 Å². The molecule has 0 spiro atoms. The van der Waals surface area contributed by atoms with Gasteiger partial charge in [-0.3, -0.25) is 4.79 Å². The summed E-state index contributed by atoms with van der Waals surface area (Å²) in [6.07, 6.45) is 33.5. The van der Waals surface area contributed by atoms with E-state index in [2.05, 4.69) is 85.2 Å². The van der Waals surface area contributed by atoms with E-state index in [1.165, 1.54) is 0 Å². The van der Waals surface area contributed by atoms with Crippen LogP contribution in [0.2, 0.25) is 0 Å². The molecule has 0 fully saturated rings. The molecule has 0 aliphatic carbocycles. The number of aryl methyl sites for hydroxylation is 2. The number of carbonyl (C=O) groups is 1. The number of anilines is 1. The highest BCUT2D eigenvalue weighted by atomic mass is 16.1. The Morgan fingerprint density at radius 1 is 0.688 bits per heavy atom. The molecule has 1 N–H and O–H groups in total. The molecule has 0 aliphatic rings. The molecule has 0 aromatic heterocycles. The molecule has 1 rings (SSSR count). The summed E-state index contributed by atoms with van der Waals surface area (Å²) in [7, 11) is 0. The summed E-state index contributed by atoms with van der Waals surface area (Å²) in [6.45, 7) is 6.20. The fourth-order valence-corrected chi connectivity index (χ4v) is 3.07. The van der Waals surface area contributed by atoms with Crippen LogP contribution < -0.4 is 5.32 Å². The second-order valence-electron chi connectivity index (χ2n) is 7.77. The van der Waals surface area contributed by atoms with Gasteiger partial charge in [-0.25, -0.2) is 0 Å². The van der Waals surface area contributed by atoms with Gasteiger partial charge in [0, 0.05) is 12.1 Å². The van der Waals surface area contributed by atoms with Crippen LogP contribution in [0.4, 0.5) is 5.69 Å². The number of carbonyl (C=O) groups excluding carboxylic acids is 1. The van der Waals surface area contributed by atoms with Crippen LogP contribution in [0.1, 0.15) is 69.4 Å². The molecule has 0 atom stereocenters. The standard InChI is InChI=1S/C30H41NO/c1-4-5-6-7-8-9-10-11-12-13-14-15-16-17-18-19-20-21-22-26-29(32)31-30-27(2)24-23-25-28(30)3/h5-6,8-9,11-12,14-15,17-18,20-21,23-25H,4,7,10,13,16,19,22,26H2,1-3H3,(H,31,32)/b6-5+,9-8+,12-11+,15-14+,18-17+,21-20+. The van der Waals surface area contributed by atoms with Crippen molar-refractivity contribution in [1.82, 2.24) is 0 Å². The molecule has 1 amide bonds. The minimum absolute atomic E-state index is 0.0712. The molecular weight excluding hydrogens is 390 g/mol. The first kappa shape index (κ1) is 27.2. The van der Waals surface area contributed by atoms with Crippen LogP contribution in [-0.4, -0.2) is 5.91 Å². The zero-order chi connectivity index (χ0) is 23.3. The third kappa shape index (κ3) is 14.2. The van der Waals surface area contributed by atoms with Gasteiger partial charge >= 0.3 is 0 Å². The van der Waals surface area contributed by atoms with Crippen LogP contribution >= 0.6 is 0 Å². The second-order valence-corrected chi connectivity index (χ2v) is 7.77. The van der Waals surface area contributed by atoms with E-state index in [-0.39, 0.29) is 5.91 Å². The van der Waals surface area contributed by atoms with Gasteiger partial charge in [0.05, 0.1) is 0 Å². The van der Waals surface area contributed by atoms with Crippen molar-refractivity contribution in [3.63, 3.8) is 0 Å². The number of para-hydroxylation sites is 1. The van der Waals surface area contributed by atoms with E-state index in [1.807, 2.05) is 32.0 Å². The lowest BCUT2D eigenvalue weighted by molar-refractivity contribution is -0.116. The zero-order valence-electron chi connectivity index (χ0n) is 20.2. The van der Waals surface area contributed by atoms with Crippen molar-refractivity contribution in [2.75, 3.05) is 5.32 Å². The van der Waals surface area contributed by atoms with E-state index in [1.54, 1.807) is 0 Å². The Morgan fingerprint density at radius 3 is 1.53 bits per heavy atom. The Kier molecular flexibility index (Phi) is 16.0. The van der Waals surface area contributed by atoms with E-state index >= 15 is 0 Å². The summed E-state index contributed by atoms with van der Waals surface area (Å²) in [5, 5.41) is 3.03. The maximum atomic E-state index is 12.1. The zero-order valence-corrected chi connectivity index (χ0v) is 20.2. The lowest BCUT2D eigenvalue weighted by Crippen LogP contribution is -2.12. The van der Waals surface area contributed by atoms with Gasteiger partial charge in [-0.2, -0.15) is 0 Å². The van der Waals surface area contributed by atoms with Crippen molar-refractivity contribution in [1.29, 1.82) is 0 Å². The Bertz CT molecular complexity index is 801. The summed E-state index contributed by atoms with van der Waals surface area (Å²) in [6, 6.07) is 6.05. The highest BCUT2D eigenvalue weighted by molar-refractivity contribution is 5.92. The minimum Gasteiger partial charge on any atom is -0.326 e. The molecule has 2 heteroatoms. The van der Waals surface area contributed by atoms with Crippen molar-refractivity contribution < 1.29 is 4.79 Å². The number of benzene rings is 1. The first-order valence-electron chi connectivity index (χ1n) is 11.9. The third-order valence-electron chi connectivity index (χ3n) is 4.88. The predicted molar refractivity (Wildman–Crippen MR) is 142 cm³/mol. The normalized spacial score (nSPS) is 12.6. The first-order chi connectivity index (χ1) is 15.6. The van der Waals surface area contributed by atoms with Crippen molar-refractivity contribution in [3.8, 4) is 0 Å². The van der Waals surface area contributed by atoms with Crippen LogP contribution in [0.3, 0.4) is 0 Å². The summed E-state index contributed by atoms with van der Waals surface area (Å²) in [5.41, 5.74) is 3.15. The van der Waals surface area contributed by atoms with Crippen molar-refractivity contribution in [2.45, 2.75) is 72.1 Å². The van der Waals surface area contributed by atoms with Crippen LogP contribution in [0.25, 0.3) is 0 Å². The molecule has 32 heavy (non-hydrogen) atoms. The molecule has 0 heterocycles. The molecular formula is C30H41NO. The Balaban J connectivity index is 2.06. The molecule has 1 aromatic carbocycles. The third-order valence-corrected chi connectivity index (χ3v) is 4.88. The average Bonchev–Trinajstić information content (AvgIpc) is 2.78. The number of rotatable bonds is 15. The van der Waals surface area contributed by atoms with Crippen LogP contribution in [-0.2, 0) is 4.79 Å². The number of nitrogens with one attached hydrogen (secondary N) is 1. The number of amides is 1. The largest absolute Gasteiger partial charge is 0.326 e. The van der Waals surface area contributed by atoms with Crippen LogP contribution in [0, 0.1) is 13.8 Å². The van der Waals surface area contributed by atoms with E-state index in [0.717, 1.165) is 61.8 Å². The van der Waals surface area contributed by atoms with Crippen molar-refractivity contribution >= 4 is 11.6 Å². The molecule has 0 unspecified atom stereocenters. The van der Waals surface area contributed by atoms with Crippen LogP contribution in [0.5, 0.6) is 0 Å². The number of hydrogen-bond acceptors (Lipinski definition) is 1. The Labute approximate surface area is 196 Å². The SMILES string of the molecule is CC/C=C/C/C=C/C/C=C/C/C=C/C/C=C/C/C=C/CCC(=O)Nc1c(C)cccc1C. The minimum atomic E-state index is 0.0712. The van der Waals surface area contributed by atoms with Gasteiger partial charge in [-0.15, -0.1) is 0 Å². The van der Waals surface area contributed by atoms with Gasteiger partial charge in [0.1, 0.15) is 0 Å². The monoisotopic (exact) mass is 431 g/mol. The van der Waals surface area contributed by atoms with Gasteiger partial charge in [0.15, 0.2) is 0 Å². The summed E-state index contributed by atoms with van der Waals surface area (Å²) >= 11 is 0. The predicted octanol–water partition coefficient (Wildman–Crippen LogP) is 8.72. The molecule has 1 aromatic rings. The van der Waals surface area contributed by atoms with Gasteiger partial charge in [0.25, 0.3) is 0 Å². The van der Waals surface area contributed by atoms with Gasteiger partial charge < -0.3 is 5.32 Å². The van der Waals surface area contributed by atoms with E-state index < -0.39 is 0 Å². The summed E-state index contributed by atoms with van der Waals surface area (Å²) in [4.78, 5) is 12.1. The van der Waals surface area contributed by atoms with Crippen LogP contribution in [0.15, 0.2) is 91.1 Å². The lowest BCUT2D eigenvalue weighted by Gasteiger charge is -2.10. The highest BCUT2D eigenvalue weighted by Crippen LogP contribution is 2.19. The summed E-state index contributed by atoms with van der Waals surface area (Å²) in [5.74, 6) is 0.0712. The molecule has 0 saturated heterocycles. The van der Waals surface area contributed by atoms with E-state index in [9.17, 15) is 4.79 Å². The maximum absolute atomic E-state index is 12.1. The van der Waals surface area contributed by atoms with Gasteiger partial charge in [-0.05, 0) is 69.9 Å². The molecule has 0 aliphatic heterocycles.